The molecule has 1 aliphatic heterocycles. The number of nitrogens with zero attached hydrogens (tertiary/aromatic N) is 1. The van der Waals surface area contributed by atoms with Crippen LogP contribution in [0.15, 0.2) is 23.2 Å². The van der Waals surface area contributed by atoms with Crippen LogP contribution < -0.4 is 10.6 Å². The number of fused-ring (bicyclic) bond motifs is 1. The minimum Gasteiger partial charge on any atom is -0.283 e. The van der Waals surface area contributed by atoms with Crippen molar-refractivity contribution in [3.05, 3.63) is 33.8 Å². The summed E-state index contributed by atoms with van der Waals surface area (Å²) in [6.07, 6.45) is 1.38. The summed E-state index contributed by atoms with van der Waals surface area (Å²) < 4.78 is 31.2. The molecule has 0 radical (unpaired) electrons. The third kappa shape index (κ3) is 1.67. The van der Waals surface area contributed by atoms with Crippen molar-refractivity contribution < 1.29 is 13.0 Å². The molecule has 1 aliphatic rings. The Kier molecular flexibility index (Phi) is 2.15. The molecule has 6 heteroatoms. The first-order valence-corrected chi connectivity index (χ1v) is 5.99. The summed E-state index contributed by atoms with van der Waals surface area (Å²) in [5, 5.41) is 1.63. The summed E-state index contributed by atoms with van der Waals surface area (Å²) in [5.41, 5.74) is 0. The molecule has 0 aliphatic carbocycles. The SMILES string of the molecule is CC1(S(=O)(=O)O)C=c2cc(Cl)ccc2=N1. The standard InChI is InChI=1S/C9H8ClNO3S/c1-9(15(12,13)14)5-6-4-7(10)2-3-8(6)11-9/h2-5H,1H3,(H,12,13,14). The van der Waals surface area contributed by atoms with Gasteiger partial charge in [0.1, 0.15) is 0 Å². The van der Waals surface area contributed by atoms with E-state index < -0.39 is 15.0 Å². The van der Waals surface area contributed by atoms with Crippen molar-refractivity contribution in [3.8, 4) is 0 Å². The van der Waals surface area contributed by atoms with Gasteiger partial charge in [0.05, 0.1) is 5.36 Å². The van der Waals surface area contributed by atoms with Crippen molar-refractivity contribution in [3.63, 3.8) is 0 Å². The summed E-state index contributed by atoms with van der Waals surface area (Å²) >= 11 is 5.76. The second-order valence-corrected chi connectivity index (χ2v) is 5.70. The van der Waals surface area contributed by atoms with E-state index in [9.17, 15) is 8.42 Å². The summed E-state index contributed by atoms with van der Waals surface area (Å²) in [5.74, 6) is 0. The molecule has 1 atom stereocenters. The molecule has 15 heavy (non-hydrogen) atoms. The molecule has 0 fully saturated rings. The molecule has 1 unspecified atom stereocenters. The maximum Gasteiger partial charge on any atom is 0.294 e. The van der Waals surface area contributed by atoms with Gasteiger partial charge in [0.2, 0.25) is 4.87 Å². The minimum atomic E-state index is -4.25. The molecule has 80 valence electrons. The molecule has 4 nitrogen and oxygen atoms in total. The summed E-state index contributed by atoms with van der Waals surface area (Å²) in [4.78, 5) is 2.35. The van der Waals surface area contributed by atoms with E-state index in [1.165, 1.54) is 13.0 Å². The number of rotatable bonds is 1. The highest BCUT2D eigenvalue weighted by Crippen LogP contribution is 2.20. The van der Waals surface area contributed by atoms with Gasteiger partial charge in [-0.25, -0.2) is 0 Å². The van der Waals surface area contributed by atoms with Crippen LogP contribution in [0.2, 0.25) is 5.02 Å². The van der Waals surface area contributed by atoms with Crippen LogP contribution in [0.4, 0.5) is 0 Å². The maximum atomic E-state index is 11.1. The van der Waals surface area contributed by atoms with E-state index in [2.05, 4.69) is 4.99 Å². The third-order valence-corrected chi connectivity index (χ3v) is 3.77. The zero-order valence-electron chi connectivity index (χ0n) is 7.81. The first-order chi connectivity index (χ1) is 6.82. The lowest BCUT2D eigenvalue weighted by atomic mass is 10.2. The van der Waals surface area contributed by atoms with Gasteiger partial charge in [-0.05, 0) is 31.2 Å². The summed E-state index contributed by atoms with van der Waals surface area (Å²) in [6, 6.07) is 4.84. The second-order valence-electron chi connectivity index (χ2n) is 3.49. The van der Waals surface area contributed by atoms with Crippen LogP contribution in [0.1, 0.15) is 6.92 Å². The molecular formula is C9H8ClNO3S. The van der Waals surface area contributed by atoms with Crippen molar-refractivity contribution in [2.45, 2.75) is 11.8 Å². The highest BCUT2D eigenvalue weighted by Gasteiger charge is 2.37. The highest BCUT2D eigenvalue weighted by atomic mass is 35.5. The number of halogens is 1. The van der Waals surface area contributed by atoms with E-state index >= 15 is 0 Å². The third-order valence-electron chi connectivity index (χ3n) is 2.28. The van der Waals surface area contributed by atoms with Gasteiger partial charge in [-0.1, -0.05) is 11.6 Å². The smallest absolute Gasteiger partial charge is 0.283 e. The average molecular weight is 246 g/mol. The summed E-state index contributed by atoms with van der Waals surface area (Å²) in [6.45, 7) is 1.33. The van der Waals surface area contributed by atoms with Crippen LogP contribution >= 0.6 is 11.6 Å². The van der Waals surface area contributed by atoms with Crippen molar-refractivity contribution in [2.24, 2.45) is 4.99 Å². The van der Waals surface area contributed by atoms with Crippen LogP contribution in [0.5, 0.6) is 0 Å². The van der Waals surface area contributed by atoms with Gasteiger partial charge in [-0.3, -0.25) is 9.55 Å². The van der Waals surface area contributed by atoms with Gasteiger partial charge < -0.3 is 0 Å². The Balaban J connectivity index is 2.77. The Labute approximate surface area is 91.7 Å². The Morgan fingerprint density at radius 3 is 2.73 bits per heavy atom. The molecule has 2 rings (SSSR count). The second kappa shape index (κ2) is 3.04. The van der Waals surface area contributed by atoms with Gasteiger partial charge >= 0.3 is 0 Å². The van der Waals surface area contributed by atoms with Crippen LogP contribution in [-0.4, -0.2) is 17.8 Å². The van der Waals surface area contributed by atoms with Crippen LogP contribution in [0.25, 0.3) is 6.08 Å². The van der Waals surface area contributed by atoms with E-state index in [1.54, 1.807) is 18.2 Å². The topological polar surface area (TPSA) is 66.7 Å². The zero-order chi connectivity index (χ0) is 11.3. The number of hydrogen-bond acceptors (Lipinski definition) is 3. The fourth-order valence-corrected chi connectivity index (χ4v) is 2.11. The summed E-state index contributed by atoms with van der Waals surface area (Å²) in [7, 11) is -4.25. The van der Waals surface area contributed by atoms with Gasteiger partial charge in [-0.15, -0.1) is 0 Å². The molecule has 0 spiro atoms. The van der Waals surface area contributed by atoms with Crippen LogP contribution in [0, 0.1) is 0 Å². The quantitative estimate of drug-likeness (QED) is 0.727. The van der Waals surface area contributed by atoms with Crippen molar-refractivity contribution in [1.82, 2.24) is 0 Å². The van der Waals surface area contributed by atoms with Gasteiger partial charge in [-0.2, -0.15) is 8.42 Å². The predicted molar refractivity (Wildman–Crippen MR) is 56.7 cm³/mol. The van der Waals surface area contributed by atoms with Crippen LogP contribution in [0.3, 0.4) is 0 Å². The molecule has 1 heterocycles. The first kappa shape index (κ1) is 10.6. The van der Waals surface area contributed by atoms with Crippen molar-refractivity contribution in [1.29, 1.82) is 0 Å². The maximum absolute atomic E-state index is 11.1. The zero-order valence-corrected chi connectivity index (χ0v) is 9.38. The van der Waals surface area contributed by atoms with Crippen LogP contribution in [-0.2, 0) is 10.1 Å². The first-order valence-electron chi connectivity index (χ1n) is 4.17. The Morgan fingerprint density at radius 2 is 2.13 bits per heavy atom. The largest absolute Gasteiger partial charge is 0.294 e. The Bertz CT molecular complexity index is 638. The fourth-order valence-electron chi connectivity index (χ4n) is 1.43. The van der Waals surface area contributed by atoms with E-state index in [-0.39, 0.29) is 0 Å². The monoisotopic (exact) mass is 245 g/mol. The van der Waals surface area contributed by atoms with E-state index in [4.69, 9.17) is 16.2 Å². The molecule has 1 aromatic carbocycles. The van der Waals surface area contributed by atoms with E-state index in [0.29, 0.717) is 15.6 Å². The molecule has 0 saturated carbocycles. The normalized spacial score (nSPS) is 24.2. The molecule has 1 N–H and O–H groups in total. The van der Waals surface area contributed by atoms with Gasteiger partial charge in [0.15, 0.2) is 0 Å². The van der Waals surface area contributed by atoms with Crippen molar-refractivity contribution in [2.75, 3.05) is 0 Å². The van der Waals surface area contributed by atoms with E-state index in [0.717, 1.165) is 0 Å². The molecule has 0 amide bonds. The van der Waals surface area contributed by atoms with Gasteiger partial charge in [0.25, 0.3) is 10.1 Å². The molecular weight excluding hydrogens is 238 g/mol. The molecule has 0 aromatic heterocycles. The van der Waals surface area contributed by atoms with Crippen molar-refractivity contribution >= 4 is 27.8 Å². The highest BCUT2D eigenvalue weighted by molar-refractivity contribution is 7.87. The van der Waals surface area contributed by atoms with Gasteiger partial charge in [0, 0.05) is 10.2 Å². The lowest BCUT2D eigenvalue weighted by molar-refractivity contribution is 0.460. The molecule has 0 bridgehead atoms. The molecule has 0 saturated heterocycles. The predicted octanol–water partition coefficient (Wildman–Crippen LogP) is 0.358. The lowest BCUT2D eigenvalue weighted by Gasteiger charge is -2.13. The Morgan fingerprint density at radius 1 is 1.47 bits per heavy atom. The fraction of sp³-hybridized carbons (Fsp3) is 0.222. The Hall–Kier alpha value is -0.910. The number of hydrogen-bond donors (Lipinski definition) is 1. The van der Waals surface area contributed by atoms with E-state index in [1.807, 2.05) is 0 Å². The average Bonchev–Trinajstić information content (AvgIpc) is 2.40. The lowest BCUT2D eigenvalue weighted by Crippen LogP contribution is -2.29. The molecule has 1 aromatic rings. The number of benzene rings is 1. The minimum absolute atomic E-state index is 0.500.